The summed E-state index contributed by atoms with van der Waals surface area (Å²) in [7, 11) is -3.77. The van der Waals surface area contributed by atoms with E-state index in [2.05, 4.69) is 4.72 Å². The maximum absolute atomic E-state index is 11.2. The lowest BCUT2D eigenvalue weighted by molar-refractivity contribution is -0.134. The Bertz CT molecular complexity index is 512. The average molecular weight is 273 g/mol. The monoisotopic (exact) mass is 273 g/mol. The zero-order valence-electron chi connectivity index (χ0n) is 9.92. The molecule has 0 fully saturated rings. The van der Waals surface area contributed by atoms with Crippen LogP contribution in [0, 0.1) is 6.92 Å². The van der Waals surface area contributed by atoms with Crippen LogP contribution in [0.25, 0.3) is 0 Å². The van der Waals surface area contributed by atoms with Gasteiger partial charge in [0.15, 0.2) is 5.75 Å². The molecule has 0 spiro atoms. The third kappa shape index (κ3) is 5.65. The smallest absolute Gasteiger partial charge is 0.320 e. The average Bonchev–Trinajstić information content (AvgIpc) is 2.23. The number of nitrogens with one attached hydrogen (secondary N) is 1. The van der Waals surface area contributed by atoms with Crippen LogP contribution in [0.2, 0.25) is 0 Å². The van der Waals surface area contributed by atoms with Gasteiger partial charge in [-0.1, -0.05) is 12.1 Å². The summed E-state index contributed by atoms with van der Waals surface area (Å²) in [6, 6.07) is 7.34. The Morgan fingerprint density at radius 3 is 2.78 bits per heavy atom. The van der Waals surface area contributed by atoms with Gasteiger partial charge in [-0.15, -0.1) is 0 Å². The molecule has 2 N–H and O–H groups in total. The summed E-state index contributed by atoms with van der Waals surface area (Å²) in [6.45, 7) is 2.09. The highest BCUT2D eigenvalue weighted by Crippen LogP contribution is 2.11. The van der Waals surface area contributed by atoms with Gasteiger partial charge >= 0.3 is 5.97 Å². The molecule has 0 unspecified atom stereocenters. The molecule has 0 saturated heterocycles. The van der Waals surface area contributed by atoms with Crippen LogP contribution >= 0.6 is 0 Å². The predicted octanol–water partition coefficient (Wildman–Crippen LogP) is 0.378. The fourth-order valence-corrected chi connectivity index (χ4v) is 2.11. The van der Waals surface area contributed by atoms with Crippen LogP contribution in [-0.4, -0.2) is 38.4 Å². The van der Waals surface area contributed by atoms with Crippen molar-refractivity contribution in [3.8, 4) is 5.75 Å². The third-order valence-electron chi connectivity index (χ3n) is 2.00. The third-order valence-corrected chi connectivity index (χ3v) is 3.27. The van der Waals surface area contributed by atoms with Gasteiger partial charge in [0.25, 0.3) is 0 Å². The van der Waals surface area contributed by atoms with Gasteiger partial charge in [-0.05, 0) is 24.6 Å². The number of sulfonamides is 1. The van der Waals surface area contributed by atoms with Gasteiger partial charge in [0.1, 0.15) is 12.4 Å². The molecule has 0 radical (unpaired) electrons. The van der Waals surface area contributed by atoms with E-state index in [0.717, 1.165) is 5.56 Å². The second-order valence-corrected chi connectivity index (χ2v) is 5.52. The molecular weight excluding hydrogens is 258 g/mol. The Labute approximate surface area is 106 Å². The van der Waals surface area contributed by atoms with Gasteiger partial charge in [0.2, 0.25) is 10.0 Å². The fraction of sp³-hybridized carbons (Fsp3) is 0.364. The second-order valence-electron chi connectivity index (χ2n) is 3.71. The number of hydrogen-bond donors (Lipinski definition) is 2. The van der Waals surface area contributed by atoms with Crippen LogP contribution in [0.1, 0.15) is 5.56 Å². The van der Waals surface area contributed by atoms with Crippen LogP contribution in [0.5, 0.6) is 5.75 Å². The molecule has 1 aromatic rings. The van der Waals surface area contributed by atoms with Crippen LogP contribution in [-0.2, 0) is 14.8 Å². The van der Waals surface area contributed by atoms with Crippen LogP contribution < -0.4 is 9.46 Å². The van der Waals surface area contributed by atoms with E-state index in [9.17, 15) is 13.2 Å². The first kappa shape index (κ1) is 14.5. The highest BCUT2D eigenvalue weighted by atomic mass is 32.2. The van der Waals surface area contributed by atoms with Crippen molar-refractivity contribution < 1.29 is 23.1 Å². The van der Waals surface area contributed by atoms with Crippen molar-refractivity contribution in [2.24, 2.45) is 0 Å². The molecule has 7 heteroatoms. The molecule has 0 aliphatic carbocycles. The number of hydrogen-bond acceptors (Lipinski definition) is 4. The maximum Gasteiger partial charge on any atom is 0.320 e. The first-order valence-electron chi connectivity index (χ1n) is 5.28. The van der Waals surface area contributed by atoms with Gasteiger partial charge in [0, 0.05) is 6.54 Å². The zero-order valence-corrected chi connectivity index (χ0v) is 10.7. The Kier molecular flexibility index (Phi) is 5.11. The lowest BCUT2D eigenvalue weighted by Gasteiger charge is -2.07. The number of aliphatic carboxylic acids is 1. The summed E-state index contributed by atoms with van der Waals surface area (Å²) >= 11 is 0. The predicted molar refractivity (Wildman–Crippen MR) is 66.1 cm³/mol. The summed E-state index contributed by atoms with van der Waals surface area (Å²) in [5, 5.41) is 8.36. The molecule has 0 atom stereocenters. The summed E-state index contributed by atoms with van der Waals surface area (Å²) < 4.78 is 29.8. The molecule has 0 aromatic heterocycles. The topological polar surface area (TPSA) is 92.7 Å². The normalized spacial score (nSPS) is 11.2. The van der Waals surface area contributed by atoms with E-state index in [0.29, 0.717) is 5.75 Å². The number of benzene rings is 1. The van der Waals surface area contributed by atoms with Crippen LogP contribution in [0.3, 0.4) is 0 Å². The number of carbonyl (C=O) groups is 1. The van der Waals surface area contributed by atoms with Crippen molar-refractivity contribution in [2.45, 2.75) is 6.92 Å². The Morgan fingerprint density at radius 2 is 2.17 bits per heavy atom. The van der Waals surface area contributed by atoms with Crippen molar-refractivity contribution >= 4 is 16.0 Å². The minimum Gasteiger partial charge on any atom is -0.492 e. The zero-order chi connectivity index (χ0) is 13.6. The van der Waals surface area contributed by atoms with Gasteiger partial charge in [-0.2, -0.15) is 0 Å². The molecule has 0 heterocycles. The quantitative estimate of drug-likeness (QED) is 0.700. The maximum atomic E-state index is 11.2. The minimum absolute atomic E-state index is 0.0313. The van der Waals surface area contributed by atoms with E-state index in [-0.39, 0.29) is 13.2 Å². The molecule has 0 saturated carbocycles. The lowest BCUT2D eigenvalue weighted by Crippen LogP contribution is -2.33. The first-order valence-corrected chi connectivity index (χ1v) is 6.93. The van der Waals surface area contributed by atoms with Crippen molar-refractivity contribution in [1.82, 2.24) is 4.72 Å². The van der Waals surface area contributed by atoms with Gasteiger partial charge in [-0.25, -0.2) is 13.1 Å². The second kappa shape index (κ2) is 6.36. The molecule has 0 aliphatic heterocycles. The SMILES string of the molecule is Cc1cccc(OCCNS(=O)(=O)CC(=O)O)c1. The Balaban J connectivity index is 2.33. The molecular formula is C11H15NO5S. The summed E-state index contributed by atoms with van der Waals surface area (Å²) in [4.78, 5) is 10.3. The van der Waals surface area contributed by atoms with E-state index in [1.54, 1.807) is 6.07 Å². The van der Waals surface area contributed by atoms with E-state index in [1.165, 1.54) is 0 Å². The Hall–Kier alpha value is -1.60. The largest absolute Gasteiger partial charge is 0.492 e. The van der Waals surface area contributed by atoms with Crippen LogP contribution in [0.15, 0.2) is 24.3 Å². The van der Waals surface area contributed by atoms with Crippen molar-refractivity contribution in [3.05, 3.63) is 29.8 Å². The molecule has 0 amide bonds. The molecule has 6 nitrogen and oxygen atoms in total. The fourth-order valence-electron chi connectivity index (χ4n) is 1.28. The van der Waals surface area contributed by atoms with E-state index in [1.807, 2.05) is 25.1 Å². The van der Waals surface area contributed by atoms with Crippen molar-refractivity contribution in [2.75, 3.05) is 18.9 Å². The standard InChI is InChI=1S/C11H15NO5S/c1-9-3-2-4-10(7-9)17-6-5-12-18(15,16)8-11(13)14/h2-4,7,12H,5-6,8H2,1H3,(H,13,14). The first-order chi connectivity index (χ1) is 8.39. The van der Waals surface area contributed by atoms with E-state index >= 15 is 0 Å². The van der Waals surface area contributed by atoms with Gasteiger partial charge in [-0.3, -0.25) is 4.79 Å². The van der Waals surface area contributed by atoms with Crippen LogP contribution in [0.4, 0.5) is 0 Å². The number of ether oxygens (including phenoxy) is 1. The number of rotatable bonds is 7. The van der Waals surface area contributed by atoms with Gasteiger partial charge in [0.05, 0.1) is 0 Å². The molecule has 0 aliphatic rings. The highest BCUT2D eigenvalue weighted by molar-refractivity contribution is 7.90. The molecule has 100 valence electrons. The summed E-state index contributed by atoms with van der Waals surface area (Å²) in [5.74, 6) is -1.67. The van der Waals surface area contributed by atoms with E-state index < -0.39 is 21.7 Å². The molecule has 18 heavy (non-hydrogen) atoms. The summed E-state index contributed by atoms with van der Waals surface area (Å²) in [5.41, 5.74) is 1.04. The Morgan fingerprint density at radius 1 is 1.44 bits per heavy atom. The molecule has 0 bridgehead atoms. The summed E-state index contributed by atoms with van der Waals surface area (Å²) in [6.07, 6.45) is 0. The highest BCUT2D eigenvalue weighted by Gasteiger charge is 2.14. The van der Waals surface area contributed by atoms with Crippen molar-refractivity contribution in [3.63, 3.8) is 0 Å². The lowest BCUT2D eigenvalue weighted by atomic mass is 10.2. The number of carboxylic acids is 1. The minimum atomic E-state index is -3.77. The number of carboxylic acid groups (broad SMARTS) is 1. The van der Waals surface area contributed by atoms with Crippen molar-refractivity contribution in [1.29, 1.82) is 0 Å². The van der Waals surface area contributed by atoms with Gasteiger partial charge < -0.3 is 9.84 Å². The van der Waals surface area contributed by atoms with E-state index in [4.69, 9.17) is 9.84 Å². The molecule has 1 aromatic carbocycles. The molecule has 1 rings (SSSR count). The number of aryl methyl sites for hydroxylation is 1.